The second-order valence-electron chi connectivity index (χ2n) is 10.6. The molecular weight excluding hydrogens is 524 g/mol. The summed E-state index contributed by atoms with van der Waals surface area (Å²) >= 11 is 6.39. The standard InChI is InChI=1S/C33H37ClN2O4/c1-19(2)25-9-8-10-26(15-25)21(4)35-32(37)27-11-12-31-30(16-27)20(3)22(5)36(31)18-24-13-28(34)17-29(14-24)40-23(6)33(38)39-7/h8-17,19,21,23H,18H2,1-7H3,(H,35,37)/t21-,23+/m0/s1. The molecule has 1 N–H and O–H groups in total. The van der Waals surface area contributed by atoms with E-state index < -0.39 is 12.1 Å². The summed E-state index contributed by atoms with van der Waals surface area (Å²) in [5.74, 6) is 0.362. The molecule has 0 spiro atoms. The number of carbonyl (C=O) groups excluding carboxylic acids is 2. The number of benzene rings is 3. The summed E-state index contributed by atoms with van der Waals surface area (Å²) in [5.41, 5.74) is 7.12. The molecule has 1 heterocycles. The van der Waals surface area contributed by atoms with Crippen LogP contribution in [0.3, 0.4) is 0 Å². The van der Waals surface area contributed by atoms with Crippen LogP contribution in [-0.2, 0) is 16.1 Å². The number of aromatic nitrogens is 1. The third-order valence-electron chi connectivity index (χ3n) is 7.44. The quantitative estimate of drug-likeness (QED) is 0.215. The number of nitrogens with one attached hydrogen (secondary N) is 1. The van der Waals surface area contributed by atoms with Gasteiger partial charge < -0.3 is 19.4 Å². The van der Waals surface area contributed by atoms with Gasteiger partial charge in [0, 0.05) is 33.7 Å². The van der Waals surface area contributed by atoms with Gasteiger partial charge in [0.05, 0.1) is 13.2 Å². The van der Waals surface area contributed by atoms with Crippen LogP contribution < -0.4 is 10.1 Å². The molecule has 0 saturated carbocycles. The summed E-state index contributed by atoms with van der Waals surface area (Å²) < 4.78 is 12.7. The zero-order valence-electron chi connectivity index (χ0n) is 24.2. The molecule has 0 aliphatic rings. The van der Waals surface area contributed by atoms with E-state index in [2.05, 4.69) is 55.8 Å². The Hall–Kier alpha value is -3.77. The fourth-order valence-electron chi connectivity index (χ4n) is 4.93. The number of halogens is 1. The number of amides is 1. The molecule has 0 unspecified atom stereocenters. The first kappa shape index (κ1) is 29.2. The molecule has 0 bridgehead atoms. The van der Waals surface area contributed by atoms with Gasteiger partial charge in [-0.3, -0.25) is 4.79 Å². The Labute approximate surface area is 241 Å². The molecule has 6 nitrogen and oxygen atoms in total. The van der Waals surface area contributed by atoms with Crippen molar-refractivity contribution in [3.63, 3.8) is 0 Å². The Balaban J connectivity index is 1.57. The van der Waals surface area contributed by atoms with Crippen molar-refractivity contribution in [3.05, 3.63) is 99.2 Å². The summed E-state index contributed by atoms with van der Waals surface area (Å²) in [6, 6.07) is 19.5. The summed E-state index contributed by atoms with van der Waals surface area (Å²) in [5, 5.41) is 4.70. The molecule has 0 radical (unpaired) electrons. The number of fused-ring (bicyclic) bond motifs is 1. The number of nitrogens with zero attached hydrogens (tertiary/aromatic N) is 1. The van der Waals surface area contributed by atoms with E-state index >= 15 is 0 Å². The van der Waals surface area contributed by atoms with E-state index in [1.54, 1.807) is 13.0 Å². The number of methoxy groups -OCH3 is 1. The van der Waals surface area contributed by atoms with Crippen molar-refractivity contribution in [2.75, 3.05) is 7.11 Å². The van der Waals surface area contributed by atoms with Crippen LogP contribution in [0.4, 0.5) is 0 Å². The van der Waals surface area contributed by atoms with Crippen molar-refractivity contribution in [1.82, 2.24) is 9.88 Å². The highest BCUT2D eigenvalue weighted by Gasteiger charge is 2.18. The molecule has 4 aromatic rings. The second kappa shape index (κ2) is 12.2. The Morgan fingerprint density at radius 2 is 1.68 bits per heavy atom. The van der Waals surface area contributed by atoms with Crippen molar-refractivity contribution < 1.29 is 19.1 Å². The minimum absolute atomic E-state index is 0.106. The maximum atomic E-state index is 13.2. The fraction of sp³-hybridized carbons (Fsp3) is 0.333. The molecule has 0 fully saturated rings. The highest BCUT2D eigenvalue weighted by Crippen LogP contribution is 2.30. The van der Waals surface area contributed by atoms with E-state index in [1.165, 1.54) is 12.7 Å². The van der Waals surface area contributed by atoms with Crippen molar-refractivity contribution in [2.45, 2.75) is 66.2 Å². The average molecular weight is 561 g/mol. The highest BCUT2D eigenvalue weighted by molar-refractivity contribution is 6.30. The van der Waals surface area contributed by atoms with E-state index in [0.29, 0.717) is 28.8 Å². The average Bonchev–Trinajstić information content (AvgIpc) is 3.16. The fourth-order valence-corrected chi connectivity index (χ4v) is 5.17. The van der Waals surface area contributed by atoms with E-state index in [9.17, 15) is 9.59 Å². The van der Waals surface area contributed by atoms with E-state index in [-0.39, 0.29) is 11.9 Å². The van der Waals surface area contributed by atoms with Gasteiger partial charge in [0.15, 0.2) is 6.10 Å². The molecule has 0 aliphatic heterocycles. The topological polar surface area (TPSA) is 69.6 Å². The number of hydrogen-bond acceptors (Lipinski definition) is 4. The number of hydrogen-bond donors (Lipinski definition) is 1. The van der Waals surface area contributed by atoms with Crippen molar-refractivity contribution in [1.29, 1.82) is 0 Å². The van der Waals surface area contributed by atoms with Crippen LogP contribution in [0, 0.1) is 13.8 Å². The van der Waals surface area contributed by atoms with Crippen LogP contribution >= 0.6 is 11.6 Å². The lowest BCUT2D eigenvalue weighted by molar-refractivity contribution is -0.147. The van der Waals surface area contributed by atoms with Crippen LogP contribution in [0.25, 0.3) is 10.9 Å². The Morgan fingerprint density at radius 3 is 2.38 bits per heavy atom. The maximum Gasteiger partial charge on any atom is 0.346 e. The number of aryl methyl sites for hydroxylation is 1. The van der Waals surface area contributed by atoms with Crippen LogP contribution in [-0.4, -0.2) is 29.7 Å². The van der Waals surface area contributed by atoms with Crippen LogP contribution in [0.15, 0.2) is 60.7 Å². The largest absolute Gasteiger partial charge is 0.479 e. The van der Waals surface area contributed by atoms with Gasteiger partial charge in [-0.15, -0.1) is 0 Å². The molecule has 2 atom stereocenters. The highest BCUT2D eigenvalue weighted by atomic mass is 35.5. The van der Waals surface area contributed by atoms with E-state index in [0.717, 1.165) is 33.3 Å². The predicted octanol–water partition coefficient (Wildman–Crippen LogP) is 7.51. The zero-order chi connectivity index (χ0) is 29.1. The first-order chi connectivity index (χ1) is 19.0. The third kappa shape index (κ3) is 6.34. The monoisotopic (exact) mass is 560 g/mol. The molecule has 0 aliphatic carbocycles. The first-order valence-electron chi connectivity index (χ1n) is 13.5. The zero-order valence-corrected chi connectivity index (χ0v) is 24.9. The summed E-state index contributed by atoms with van der Waals surface area (Å²) in [4.78, 5) is 25.0. The van der Waals surface area contributed by atoms with Crippen LogP contribution in [0.1, 0.15) is 78.0 Å². The Morgan fingerprint density at radius 1 is 0.950 bits per heavy atom. The minimum Gasteiger partial charge on any atom is -0.479 e. The van der Waals surface area contributed by atoms with Crippen LogP contribution in [0.2, 0.25) is 5.02 Å². The van der Waals surface area contributed by atoms with Gasteiger partial charge in [-0.2, -0.15) is 0 Å². The smallest absolute Gasteiger partial charge is 0.346 e. The Bertz CT molecular complexity index is 1560. The minimum atomic E-state index is -0.751. The third-order valence-corrected chi connectivity index (χ3v) is 7.66. The molecule has 1 amide bonds. The summed E-state index contributed by atoms with van der Waals surface area (Å²) in [6.45, 7) is 12.7. The normalized spacial score (nSPS) is 12.8. The van der Waals surface area contributed by atoms with Gasteiger partial charge in [0.25, 0.3) is 5.91 Å². The van der Waals surface area contributed by atoms with E-state index in [1.807, 2.05) is 43.3 Å². The van der Waals surface area contributed by atoms with Gasteiger partial charge in [0.2, 0.25) is 0 Å². The number of esters is 1. The lowest BCUT2D eigenvalue weighted by Gasteiger charge is -2.17. The molecule has 4 rings (SSSR count). The first-order valence-corrected chi connectivity index (χ1v) is 13.9. The molecule has 3 aromatic carbocycles. The number of carbonyl (C=O) groups is 2. The summed E-state index contributed by atoms with van der Waals surface area (Å²) in [6.07, 6.45) is -0.751. The van der Waals surface area contributed by atoms with Crippen molar-refractivity contribution in [2.24, 2.45) is 0 Å². The van der Waals surface area contributed by atoms with Gasteiger partial charge in [-0.1, -0.05) is 49.7 Å². The van der Waals surface area contributed by atoms with Gasteiger partial charge in [0.1, 0.15) is 5.75 Å². The van der Waals surface area contributed by atoms with Gasteiger partial charge in [-0.25, -0.2) is 4.79 Å². The van der Waals surface area contributed by atoms with Crippen LogP contribution in [0.5, 0.6) is 5.75 Å². The molecule has 1 aromatic heterocycles. The predicted molar refractivity (Wildman–Crippen MR) is 160 cm³/mol. The van der Waals surface area contributed by atoms with Crippen molar-refractivity contribution >= 4 is 34.4 Å². The van der Waals surface area contributed by atoms with Gasteiger partial charge >= 0.3 is 5.97 Å². The summed E-state index contributed by atoms with van der Waals surface area (Å²) in [7, 11) is 1.33. The maximum absolute atomic E-state index is 13.2. The van der Waals surface area contributed by atoms with Gasteiger partial charge in [-0.05, 0) is 92.3 Å². The van der Waals surface area contributed by atoms with E-state index in [4.69, 9.17) is 21.1 Å². The molecule has 210 valence electrons. The molecule has 7 heteroatoms. The number of rotatable bonds is 9. The lowest BCUT2D eigenvalue weighted by Crippen LogP contribution is -2.26. The molecular formula is C33H37ClN2O4. The molecule has 0 saturated heterocycles. The van der Waals surface area contributed by atoms with Crippen molar-refractivity contribution in [3.8, 4) is 5.75 Å². The second-order valence-corrected chi connectivity index (χ2v) is 11.1. The number of ether oxygens (including phenoxy) is 2. The lowest BCUT2D eigenvalue weighted by atomic mass is 9.98. The Kier molecular flexibility index (Phi) is 8.89. The SMILES string of the molecule is COC(=O)[C@@H](C)Oc1cc(Cl)cc(Cn2c(C)c(C)c3cc(C(=O)N[C@@H](C)c4cccc(C(C)C)c4)ccc32)c1. The molecule has 40 heavy (non-hydrogen) atoms.